The number of pyridine rings is 1. The molecular weight excluding hydrogens is 241 g/mol. The van der Waals surface area contributed by atoms with E-state index in [2.05, 4.69) is 10.3 Å². The lowest BCUT2D eigenvalue weighted by molar-refractivity contribution is 0.444. The molecule has 1 aromatic carbocycles. The van der Waals surface area contributed by atoms with Crippen LogP contribution in [0.15, 0.2) is 36.5 Å². The third kappa shape index (κ3) is 3.07. The first-order valence-corrected chi connectivity index (χ1v) is 5.41. The molecule has 5 heteroatoms. The second-order valence-corrected chi connectivity index (χ2v) is 3.80. The Hall–Kier alpha value is -1.88. The van der Waals surface area contributed by atoms with Gasteiger partial charge in [-0.05, 0) is 29.8 Å². The zero-order chi connectivity index (χ0) is 13.0. The Bertz CT molecular complexity index is 506. The quantitative estimate of drug-likeness (QED) is 0.846. The molecule has 0 spiro atoms. The predicted molar refractivity (Wildman–Crippen MR) is 61.1 cm³/mol. The largest absolute Gasteiger partial charge is 0.307 e. The summed E-state index contributed by atoms with van der Waals surface area (Å²) in [5.41, 5.74) is 1.17. The van der Waals surface area contributed by atoms with Gasteiger partial charge in [0.15, 0.2) is 17.5 Å². The first-order valence-electron chi connectivity index (χ1n) is 5.41. The topological polar surface area (TPSA) is 24.9 Å². The molecule has 0 bridgehead atoms. The summed E-state index contributed by atoms with van der Waals surface area (Å²) < 4.78 is 38.6. The summed E-state index contributed by atoms with van der Waals surface area (Å²) in [7, 11) is 0. The van der Waals surface area contributed by atoms with Crippen LogP contribution in [0.3, 0.4) is 0 Å². The Kier molecular flexibility index (Phi) is 3.94. The standard InChI is InChI=1S/C13H11F3N2/c14-11-5-9(6-12(15)13(11)16)7-17-8-10-3-1-2-4-18-10/h1-6,17H,7-8H2. The van der Waals surface area contributed by atoms with Crippen molar-refractivity contribution in [1.29, 1.82) is 0 Å². The smallest absolute Gasteiger partial charge is 0.194 e. The Morgan fingerprint density at radius 2 is 1.72 bits per heavy atom. The second-order valence-electron chi connectivity index (χ2n) is 3.80. The van der Waals surface area contributed by atoms with Crippen molar-refractivity contribution in [1.82, 2.24) is 10.3 Å². The molecule has 2 nitrogen and oxygen atoms in total. The van der Waals surface area contributed by atoms with Gasteiger partial charge in [-0.3, -0.25) is 4.98 Å². The van der Waals surface area contributed by atoms with Gasteiger partial charge >= 0.3 is 0 Å². The molecule has 0 aliphatic heterocycles. The minimum absolute atomic E-state index is 0.241. The first-order chi connectivity index (χ1) is 8.66. The molecule has 1 N–H and O–H groups in total. The van der Waals surface area contributed by atoms with Gasteiger partial charge in [0, 0.05) is 19.3 Å². The van der Waals surface area contributed by atoms with Crippen LogP contribution in [0.4, 0.5) is 13.2 Å². The molecule has 1 aromatic heterocycles. The Morgan fingerprint density at radius 3 is 2.33 bits per heavy atom. The monoisotopic (exact) mass is 252 g/mol. The van der Waals surface area contributed by atoms with E-state index in [1.165, 1.54) is 0 Å². The highest BCUT2D eigenvalue weighted by Gasteiger charge is 2.09. The normalized spacial score (nSPS) is 10.6. The van der Waals surface area contributed by atoms with Crippen LogP contribution in [0.1, 0.15) is 11.3 Å². The van der Waals surface area contributed by atoms with Crippen molar-refractivity contribution in [2.75, 3.05) is 0 Å². The maximum absolute atomic E-state index is 12.9. The van der Waals surface area contributed by atoms with E-state index in [1.54, 1.807) is 12.3 Å². The zero-order valence-electron chi connectivity index (χ0n) is 9.46. The van der Waals surface area contributed by atoms with Crippen LogP contribution in [-0.2, 0) is 13.1 Å². The van der Waals surface area contributed by atoms with Gasteiger partial charge in [0.1, 0.15) is 0 Å². The fraction of sp³-hybridized carbons (Fsp3) is 0.154. The van der Waals surface area contributed by atoms with Gasteiger partial charge in [-0.25, -0.2) is 13.2 Å². The van der Waals surface area contributed by atoms with Crippen LogP contribution < -0.4 is 5.32 Å². The number of nitrogens with zero attached hydrogens (tertiary/aromatic N) is 1. The summed E-state index contributed by atoms with van der Waals surface area (Å²) in [6, 6.07) is 7.43. The summed E-state index contributed by atoms with van der Waals surface area (Å²) >= 11 is 0. The molecule has 0 unspecified atom stereocenters. The maximum atomic E-state index is 12.9. The van der Waals surface area contributed by atoms with E-state index in [9.17, 15) is 13.2 Å². The molecule has 0 aliphatic rings. The van der Waals surface area contributed by atoms with Crippen molar-refractivity contribution in [2.24, 2.45) is 0 Å². The van der Waals surface area contributed by atoms with Gasteiger partial charge in [0.2, 0.25) is 0 Å². The molecule has 0 saturated carbocycles. The van der Waals surface area contributed by atoms with Crippen molar-refractivity contribution < 1.29 is 13.2 Å². The molecular formula is C13H11F3N2. The lowest BCUT2D eigenvalue weighted by Crippen LogP contribution is -2.14. The molecule has 0 amide bonds. The van der Waals surface area contributed by atoms with E-state index in [0.717, 1.165) is 17.8 Å². The van der Waals surface area contributed by atoms with Crippen molar-refractivity contribution in [3.63, 3.8) is 0 Å². The van der Waals surface area contributed by atoms with Crippen LogP contribution in [0.2, 0.25) is 0 Å². The van der Waals surface area contributed by atoms with Crippen LogP contribution in [0.5, 0.6) is 0 Å². The van der Waals surface area contributed by atoms with E-state index >= 15 is 0 Å². The number of rotatable bonds is 4. The van der Waals surface area contributed by atoms with Crippen LogP contribution in [0.25, 0.3) is 0 Å². The summed E-state index contributed by atoms with van der Waals surface area (Å²) in [5.74, 6) is -3.79. The number of aromatic nitrogens is 1. The Labute approximate surface area is 102 Å². The maximum Gasteiger partial charge on any atom is 0.194 e. The number of halogens is 3. The molecule has 0 aliphatic carbocycles. The van der Waals surface area contributed by atoms with E-state index < -0.39 is 17.5 Å². The number of benzene rings is 1. The lowest BCUT2D eigenvalue weighted by atomic mass is 10.2. The van der Waals surface area contributed by atoms with E-state index in [1.807, 2.05) is 12.1 Å². The minimum atomic E-state index is -1.44. The Morgan fingerprint density at radius 1 is 1.00 bits per heavy atom. The van der Waals surface area contributed by atoms with Gasteiger partial charge in [-0.1, -0.05) is 6.07 Å². The highest BCUT2D eigenvalue weighted by molar-refractivity contribution is 5.19. The van der Waals surface area contributed by atoms with Crippen LogP contribution >= 0.6 is 0 Å². The predicted octanol–water partition coefficient (Wildman–Crippen LogP) is 2.79. The number of nitrogens with one attached hydrogen (secondary N) is 1. The van der Waals surface area contributed by atoms with Crippen LogP contribution in [0, 0.1) is 17.5 Å². The SMILES string of the molecule is Fc1cc(CNCc2ccccn2)cc(F)c1F. The fourth-order valence-corrected chi connectivity index (χ4v) is 1.55. The molecule has 0 fully saturated rings. The van der Waals surface area contributed by atoms with Gasteiger partial charge in [-0.15, -0.1) is 0 Å². The molecule has 0 radical (unpaired) electrons. The van der Waals surface area contributed by atoms with E-state index in [0.29, 0.717) is 12.1 Å². The van der Waals surface area contributed by atoms with Crippen molar-refractivity contribution >= 4 is 0 Å². The van der Waals surface area contributed by atoms with Crippen molar-refractivity contribution in [3.8, 4) is 0 Å². The summed E-state index contributed by atoms with van der Waals surface area (Å²) in [6.45, 7) is 0.714. The highest BCUT2D eigenvalue weighted by Crippen LogP contribution is 2.13. The number of hydrogen-bond acceptors (Lipinski definition) is 2. The molecule has 0 saturated heterocycles. The molecule has 0 atom stereocenters. The average Bonchev–Trinajstić information content (AvgIpc) is 2.37. The van der Waals surface area contributed by atoms with Gasteiger partial charge < -0.3 is 5.32 Å². The average molecular weight is 252 g/mol. The summed E-state index contributed by atoms with van der Waals surface area (Å²) in [5, 5.41) is 2.97. The van der Waals surface area contributed by atoms with Gasteiger partial charge in [-0.2, -0.15) is 0 Å². The molecule has 2 rings (SSSR count). The van der Waals surface area contributed by atoms with E-state index in [-0.39, 0.29) is 6.54 Å². The van der Waals surface area contributed by atoms with Crippen molar-refractivity contribution in [2.45, 2.75) is 13.1 Å². The molecule has 18 heavy (non-hydrogen) atoms. The molecule has 2 aromatic rings. The lowest BCUT2D eigenvalue weighted by Gasteiger charge is -2.05. The van der Waals surface area contributed by atoms with E-state index in [4.69, 9.17) is 0 Å². The summed E-state index contributed by atoms with van der Waals surface area (Å²) in [4.78, 5) is 4.09. The van der Waals surface area contributed by atoms with Gasteiger partial charge in [0.25, 0.3) is 0 Å². The summed E-state index contributed by atoms with van der Waals surface area (Å²) in [6.07, 6.45) is 1.66. The third-order valence-corrected chi connectivity index (χ3v) is 2.40. The second kappa shape index (κ2) is 5.64. The minimum Gasteiger partial charge on any atom is -0.307 e. The first kappa shape index (κ1) is 12.6. The molecule has 1 heterocycles. The molecule has 94 valence electrons. The van der Waals surface area contributed by atoms with Gasteiger partial charge in [0.05, 0.1) is 5.69 Å². The third-order valence-electron chi connectivity index (χ3n) is 2.40. The Balaban J connectivity index is 1.95. The fourth-order valence-electron chi connectivity index (χ4n) is 1.55. The zero-order valence-corrected chi connectivity index (χ0v) is 9.46. The highest BCUT2D eigenvalue weighted by atomic mass is 19.2. The van der Waals surface area contributed by atoms with Crippen LogP contribution in [-0.4, -0.2) is 4.98 Å². The van der Waals surface area contributed by atoms with Crippen molar-refractivity contribution in [3.05, 3.63) is 65.2 Å². The number of hydrogen-bond donors (Lipinski definition) is 1.